The number of ketones is 1. The number of Topliss-reactive ketones (excluding diaryl/α,β-unsaturated/α-hetero) is 1. The Morgan fingerprint density at radius 1 is 1.29 bits per heavy atom. The van der Waals surface area contributed by atoms with E-state index in [0.717, 1.165) is 0 Å². The Hall–Kier alpha value is -1.88. The van der Waals surface area contributed by atoms with Crippen LogP contribution < -0.4 is 10.5 Å². The highest BCUT2D eigenvalue weighted by Gasteiger charge is 2.15. The molecule has 0 saturated carbocycles. The molecule has 0 amide bonds. The van der Waals surface area contributed by atoms with Gasteiger partial charge in [-0.25, -0.2) is 4.79 Å². The number of benzene rings is 1. The molecule has 1 aromatic carbocycles. The number of ether oxygens (including phenoxy) is 2. The van der Waals surface area contributed by atoms with Crippen LogP contribution in [0.25, 0.3) is 0 Å². The first-order valence-corrected chi connectivity index (χ1v) is 5.13. The maximum absolute atomic E-state index is 11.8. The third kappa shape index (κ3) is 3.04. The fraction of sp³-hybridized carbons (Fsp3) is 0.333. The molecule has 0 fully saturated rings. The zero-order valence-corrected chi connectivity index (χ0v) is 9.86. The Labute approximate surface area is 99.5 Å². The van der Waals surface area contributed by atoms with Crippen molar-refractivity contribution in [2.24, 2.45) is 5.73 Å². The minimum absolute atomic E-state index is 0.157. The Kier molecular flexibility index (Phi) is 4.66. The van der Waals surface area contributed by atoms with Gasteiger partial charge < -0.3 is 15.2 Å². The summed E-state index contributed by atoms with van der Waals surface area (Å²) < 4.78 is 9.66. The lowest BCUT2D eigenvalue weighted by Crippen LogP contribution is -2.11. The van der Waals surface area contributed by atoms with E-state index in [0.29, 0.717) is 16.9 Å². The Balaban J connectivity index is 3.15. The van der Waals surface area contributed by atoms with Gasteiger partial charge in [-0.1, -0.05) is 0 Å². The summed E-state index contributed by atoms with van der Waals surface area (Å²) in [5.41, 5.74) is 5.99. The summed E-state index contributed by atoms with van der Waals surface area (Å²) >= 11 is 0. The fourth-order valence-electron chi connectivity index (χ4n) is 1.44. The average Bonchev–Trinajstić information content (AvgIpc) is 2.37. The van der Waals surface area contributed by atoms with Gasteiger partial charge in [0, 0.05) is 6.42 Å². The van der Waals surface area contributed by atoms with E-state index in [2.05, 4.69) is 4.74 Å². The summed E-state index contributed by atoms with van der Waals surface area (Å²) in [5, 5.41) is 0. The van der Waals surface area contributed by atoms with Crippen molar-refractivity contribution in [3.8, 4) is 5.75 Å². The molecule has 0 unspecified atom stereocenters. The first-order chi connectivity index (χ1) is 8.13. The number of hydrogen-bond acceptors (Lipinski definition) is 5. The summed E-state index contributed by atoms with van der Waals surface area (Å²) in [6, 6.07) is 4.57. The van der Waals surface area contributed by atoms with E-state index in [1.54, 1.807) is 12.1 Å². The summed E-state index contributed by atoms with van der Waals surface area (Å²) in [4.78, 5) is 23.1. The van der Waals surface area contributed by atoms with E-state index >= 15 is 0 Å². The Morgan fingerprint density at radius 3 is 2.53 bits per heavy atom. The smallest absolute Gasteiger partial charge is 0.337 e. The highest BCUT2D eigenvalue weighted by atomic mass is 16.5. The van der Waals surface area contributed by atoms with Crippen molar-refractivity contribution in [1.29, 1.82) is 0 Å². The predicted octanol–water partition coefficient (Wildman–Crippen LogP) is 1.01. The predicted molar refractivity (Wildman–Crippen MR) is 62.3 cm³/mol. The molecule has 1 aromatic rings. The van der Waals surface area contributed by atoms with Gasteiger partial charge in [-0.15, -0.1) is 0 Å². The fourth-order valence-corrected chi connectivity index (χ4v) is 1.44. The van der Waals surface area contributed by atoms with Gasteiger partial charge in [0.1, 0.15) is 5.75 Å². The molecule has 0 spiro atoms. The number of carbonyl (C=O) groups is 2. The van der Waals surface area contributed by atoms with Crippen LogP contribution in [0, 0.1) is 0 Å². The summed E-state index contributed by atoms with van der Waals surface area (Å²) in [5.74, 6) is -0.222. The third-order valence-electron chi connectivity index (χ3n) is 2.29. The van der Waals surface area contributed by atoms with E-state index in [-0.39, 0.29) is 18.7 Å². The Morgan fingerprint density at radius 2 is 2.00 bits per heavy atom. The van der Waals surface area contributed by atoms with Crippen LogP contribution in [0.4, 0.5) is 0 Å². The van der Waals surface area contributed by atoms with Crippen molar-refractivity contribution in [2.75, 3.05) is 20.8 Å². The Bertz CT molecular complexity index is 429. The molecule has 0 aromatic heterocycles. The molecule has 1 rings (SSSR count). The largest absolute Gasteiger partial charge is 0.496 e. The molecule has 5 nitrogen and oxygen atoms in total. The van der Waals surface area contributed by atoms with Gasteiger partial charge in [-0.3, -0.25) is 4.79 Å². The quantitative estimate of drug-likeness (QED) is 0.610. The van der Waals surface area contributed by atoms with Gasteiger partial charge in [0.15, 0.2) is 5.78 Å². The monoisotopic (exact) mass is 237 g/mol. The lowest BCUT2D eigenvalue weighted by molar-refractivity contribution is 0.0600. The second-order valence-electron chi connectivity index (χ2n) is 3.37. The van der Waals surface area contributed by atoms with Crippen LogP contribution >= 0.6 is 0 Å². The SMILES string of the molecule is COC(=O)c1ccc(OC)c(C(=O)CCN)c1. The molecule has 0 radical (unpaired) electrons. The van der Waals surface area contributed by atoms with Crippen molar-refractivity contribution in [1.82, 2.24) is 0 Å². The molecule has 0 aliphatic carbocycles. The van der Waals surface area contributed by atoms with Crippen LogP contribution in [0.1, 0.15) is 27.1 Å². The number of nitrogens with two attached hydrogens (primary N) is 1. The standard InChI is InChI=1S/C12H15NO4/c1-16-11-4-3-8(12(15)17-2)7-9(11)10(14)5-6-13/h3-4,7H,5-6,13H2,1-2H3. The van der Waals surface area contributed by atoms with E-state index in [1.807, 2.05) is 0 Å². The van der Waals surface area contributed by atoms with Gasteiger partial charge in [0.05, 0.1) is 25.3 Å². The molecule has 0 saturated heterocycles. The molecule has 0 aliphatic rings. The van der Waals surface area contributed by atoms with Crippen LogP contribution in [-0.2, 0) is 4.74 Å². The molecular formula is C12H15NO4. The first-order valence-electron chi connectivity index (χ1n) is 5.13. The number of hydrogen-bond donors (Lipinski definition) is 1. The van der Waals surface area contributed by atoms with E-state index in [9.17, 15) is 9.59 Å². The highest BCUT2D eigenvalue weighted by molar-refractivity contribution is 6.01. The normalized spacial score (nSPS) is 9.82. The first kappa shape index (κ1) is 13.2. The van der Waals surface area contributed by atoms with Gasteiger partial charge in [0.2, 0.25) is 0 Å². The van der Waals surface area contributed by atoms with Gasteiger partial charge in [0.25, 0.3) is 0 Å². The van der Waals surface area contributed by atoms with Crippen molar-refractivity contribution < 1.29 is 19.1 Å². The van der Waals surface area contributed by atoms with Crippen LogP contribution in [0.5, 0.6) is 5.75 Å². The number of rotatable bonds is 5. The molecule has 2 N–H and O–H groups in total. The minimum atomic E-state index is -0.491. The van der Waals surface area contributed by atoms with Crippen molar-refractivity contribution in [3.63, 3.8) is 0 Å². The second-order valence-corrected chi connectivity index (χ2v) is 3.37. The van der Waals surface area contributed by atoms with Gasteiger partial charge in [-0.2, -0.15) is 0 Å². The molecular weight excluding hydrogens is 222 g/mol. The van der Waals surface area contributed by atoms with Crippen LogP contribution in [-0.4, -0.2) is 32.5 Å². The minimum Gasteiger partial charge on any atom is -0.496 e. The molecule has 5 heteroatoms. The topological polar surface area (TPSA) is 78.6 Å². The zero-order chi connectivity index (χ0) is 12.8. The van der Waals surface area contributed by atoms with Crippen molar-refractivity contribution >= 4 is 11.8 Å². The highest BCUT2D eigenvalue weighted by Crippen LogP contribution is 2.21. The van der Waals surface area contributed by atoms with E-state index in [1.165, 1.54) is 20.3 Å². The number of carbonyl (C=O) groups excluding carboxylic acids is 2. The maximum Gasteiger partial charge on any atom is 0.337 e. The molecule has 0 heterocycles. The molecule has 17 heavy (non-hydrogen) atoms. The average molecular weight is 237 g/mol. The zero-order valence-electron chi connectivity index (χ0n) is 9.86. The summed E-state index contributed by atoms with van der Waals surface area (Å²) in [6.45, 7) is 0.254. The summed E-state index contributed by atoms with van der Waals surface area (Å²) in [7, 11) is 2.75. The van der Waals surface area contributed by atoms with E-state index < -0.39 is 5.97 Å². The van der Waals surface area contributed by atoms with Crippen LogP contribution in [0.3, 0.4) is 0 Å². The van der Waals surface area contributed by atoms with E-state index in [4.69, 9.17) is 10.5 Å². The third-order valence-corrected chi connectivity index (χ3v) is 2.29. The van der Waals surface area contributed by atoms with Crippen LogP contribution in [0.15, 0.2) is 18.2 Å². The molecule has 0 bridgehead atoms. The number of esters is 1. The van der Waals surface area contributed by atoms with Crippen LogP contribution in [0.2, 0.25) is 0 Å². The lowest BCUT2D eigenvalue weighted by Gasteiger charge is -2.08. The van der Waals surface area contributed by atoms with Gasteiger partial charge >= 0.3 is 5.97 Å². The number of methoxy groups -OCH3 is 2. The van der Waals surface area contributed by atoms with Crippen molar-refractivity contribution in [3.05, 3.63) is 29.3 Å². The molecule has 0 atom stereocenters. The maximum atomic E-state index is 11.8. The van der Waals surface area contributed by atoms with Gasteiger partial charge in [-0.05, 0) is 24.7 Å². The lowest BCUT2D eigenvalue weighted by atomic mass is 10.0. The molecule has 92 valence electrons. The van der Waals surface area contributed by atoms with Crippen molar-refractivity contribution in [2.45, 2.75) is 6.42 Å². The summed E-state index contributed by atoms with van der Waals surface area (Å²) in [6.07, 6.45) is 0.209. The molecule has 0 aliphatic heterocycles. The second kappa shape index (κ2) is 6.00.